The summed E-state index contributed by atoms with van der Waals surface area (Å²) >= 11 is 4.71. The molecule has 1 aromatic rings. The molecule has 1 rings (SSSR count). The van der Waals surface area contributed by atoms with Gasteiger partial charge in [-0.3, -0.25) is 4.79 Å². The number of thioether (sulfide) groups is 1. The van der Waals surface area contributed by atoms with E-state index in [4.69, 9.17) is 5.11 Å². The average molecular weight is 376 g/mol. The number of aliphatic carboxylic acids is 1. The SMILES string of the molecule is CSCCC(NC(=O)/C=C/c1cc(Br)ccc1F)C(=O)O. The molecule has 0 aromatic heterocycles. The van der Waals surface area contributed by atoms with E-state index in [0.717, 1.165) is 6.08 Å². The number of amides is 1. The Kier molecular flexibility index (Phi) is 7.45. The van der Waals surface area contributed by atoms with E-state index in [1.165, 1.54) is 30.0 Å². The van der Waals surface area contributed by atoms with Crippen molar-refractivity contribution in [2.45, 2.75) is 12.5 Å². The maximum Gasteiger partial charge on any atom is 0.326 e. The van der Waals surface area contributed by atoms with Crippen LogP contribution < -0.4 is 5.32 Å². The summed E-state index contributed by atoms with van der Waals surface area (Å²) in [5.74, 6) is -1.48. The molecule has 4 nitrogen and oxygen atoms in total. The number of carbonyl (C=O) groups excluding carboxylic acids is 1. The number of carbonyl (C=O) groups is 2. The third kappa shape index (κ3) is 6.31. The van der Waals surface area contributed by atoms with Gasteiger partial charge in [0, 0.05) is 16.1 Å². The van der Waals surface area contributed by atoms with Crippen LogP contribution in [-0.2, 0) is 9.59 Å². The fraction of sp³-hybridized carbons (Fsp3) is 0.286. The van der Waals surface area contributed by atoms with E-state index >= 15 is 0 Å². The van der Waals surface area contributed by atoms with Crippen LogP contribution in [0.25, 0.3) is 6.08 Å². The minimum atomic E-state index is -1.08. The van der Waals surface area contributed by atoms with E-state index in [9.17, 15) is 14.0 Å². The Morgan fingerprint density at radius 3 is 2.86 bits per heavy atom. The van der Waals surface area contributed by atoms with Crippen LogP contribution in [0.3, 0.4) is 0 Å². The number of rotatable bonds is 7. The molecule has 0 saturated heterocycles. The second kappa shape index (κ2) is 8.84. The quantitative estimate of drug-likeness (QED) is 0.719. The van der Waals surface area contributed by atoms with Gasteiger partial charge in [0.25, 0.3) is 0 Å². The lowest BCUT2D eigenvalue weighted by molar-refractivity contribution is -0.141. The maximum atomic E-state index is 13.5. The van der Waals surface area contributed by atoms with Gasteiger partial charge in [0.2, 0.25) is 5.91 Å². The minimum absolute atomic E-state index is 0.246. The molecule has 0 radical (unpaired) electrons. The zero-order chi connectivity index (χ0) is 15.8. The van der Waals surface area contributed by atoms with Gasteiger partial charge >= 0.3 is 5.97 Å². The monoisotopic (exact) mass is 375 g/mol. The molecule has 1 aromatic carbocycles. The topological polar surface area (TPSA) is 66.4 Å². The Hall–Kier alpha value is -1.34. The molecule has 0 saturated carbocycles. The Morgan fingerprint density at radius 1 is 1.52 bits per heavy atom. The van der Waals surface area contributed by atoms with E-state index in [1.54, 1.807) is 6.07 Å². The summed E-state index contributed by atoms with van der Waals surface area (Å²) in [5.41, 5.74) is 0.246. The van der Waals surface area contributed by atoms with E-state index < -0.39 is 23.7 Å². The van der Waals surface area contributed by atoms with Crippen LogP contribution >= 0.6 is 27.7 Å². The highest BCUT2D eigenvalue weighted by Crippen LogP contribution is 2.16. The van der Waals surface area contributed by atoms with Crippen molar-refractivity contribution in [1.29, 1.82) is 0 Å². The van der Waals surface area contributed by atoms with Crippen LogP contribution in [0.4, 0.5) is 4.39 Å². The lowest BCUT2D eigenvalue weighted by Crippen LogP contribution is -2.40. The molecule has 114 valence electrons. The predicted molar refractivity (Wildman–Crippen MR) is 85.7 cm³/mol. The van der Waals surface area contributed by atoms with E-state index in [2.05, 4.69) is 21.2 Å². The third-order valence-corrected chi connectivity index (χ3v) is 3.73. The summed E-state index contributed by atoms with van der Waals surface area (Å²) in [4.78, 5) is 22.7. The van der Waals surface area contributed by atoms with Gasteiger partial charge in [0.15, 0.2) is 0 Å². The van der Waals surface area contributed by atoms with Gasteiger partial charge in [-0.1, -0.05) is 15.9 Å². The largest absolute Gasteiger partial charge is 0.480 e. The maximum absolute atomic E-state index is 13.5. The fourth-order valence-corrected chi connectivity index (χ4v) is 2.37. The summed E-state index contributed by atoms with van der Waals surface area (Å²) in [5, 5.41) is 11.4. The number of nitrogens with one attached hydrogen (secondary N) is 1. The number of carboxylic acid groups (broad SMARTS) is 1. The van der Waals surface area contributed by atoms with Gasteiger partial charge in [-0.2, -0.15) is 11.8 Å². The summed E-state index contributed by atoms with van der Waals surface area (Å²) in [6.45, 7) is 0. The summed E-state index contributed by atoms with van der Waals surface area (Å²) in [7, 11) is 0. The number of carboxylic acids is 1. The van der Waals surface area contributed by atoms with Gasteiger partial charge in [-0.25, -0.2) is 9.18 Å². The third-order valence-electron chi connectivity index (χ3n) is 2.60. The van der Waals surface area contributed by atoms with Crippen molar-refractivity contribution in [1.82, 2.24) is 5.32 Å². The van der Waals surface area contributed by atoms with Crippen LogP contribution in [0, 0.1) is 5.82 Å². The van der Waals surface area contributed by atoms with Crippen LogP contribution in [0.1, 0.15) is 12.0 Å². The summed E-state index contributed by atoms with van der Waals surface area (Å²) < 4.78 is 14.2. The minimum Gasteiger partial charge on any atom is -0.480 e. The molecule has 0 fully saturated rings. The smallest absolute Gasteiger partial charge is 0.326 e. The molecule has 0 bridgehead atoms. The van der Waals surface area contributed by atoms with Crippen molar-refractivity contribution in [3.8, 4) is 0 Å². The highest BCUT2D eigenvalue weighted by atomic mass is 79.9. The second-order valence-electron chi connectivity index (χ2n) is 4.18. The molecule has 1 amide bonds. The number of hydrogen-bond acceptors (Lipinski definition) is 3. The van der Waals surface area contributed by atoms with Crippen LogP contribution in [0.2, 0.25) is 0 Å². The Balaban J connectivity index is 2.68. The Labute approximate surface area is 134 Å². The first-order valence-corrected chi connectivity index (χ1v) is 8.28. The molecular weight excluding hydrogens is 361 g/mol. The predicted octanol–water partition coefficient (Wildman–Crippen LogP) is 2.92. The van der Waals surface area contributed by atoms with Crippen molar-refractivity contribution in [2.24, 2.45) is 0 Å². The molecule has 0 spiro atoms. The highest BCUT2D eigenvalue weighted by molar-refractivity contribution is 9.10. The number of halogens is 2. The van der Waals surface area contributed by atoms with Crippen molar-refractivity contribution in [3.63, 3.8) is 0 Å². The first kappa shape index (κ1) is 17.7. The van der Waals surface area contributed by atoms with Gasteiger partial charge in [0.05, 0.1) is 0 Å². The molecule has 0 heterocycles. The van der Waals surface area contributed by atoms with Crippen LogP contribution in [0.5, 0.6) is 0 Å². The van der Waals surface area contributed by atoms with E-state index in [-0.39, 0.29) is 5.56 Å². The van der Waals surface area contributed by atoms with Crippen molar-refractivity contribution < 1.29 is 19.1 Å². The van der Waals surface area contributed by atoms with E-state index in [1.807, 2.05) is 6.26 Å². The molecule has 0 aliphatic rings. The molecule has 21 heavy (non-hydrogen) atoms. The van der Waals surface area contributed by atoms with Crippen LogP contribution in [0.15, 0.2) is 28.7 Å². The zero-order valence-electron chi connectivity index (χ0n) is 11.3. The molecule has 0 aliphatic carbocycles. The first-order valence-electron chi connectivity index (χ1n) is 6.09. The van der Waals surface area contributed by atoms with Gasteiger partial charge in [0.1, 0.15) is 11.9 Å². The van der Waals surface area contributed by atoms with Gasteiger partial charge in [-0.05, 0) is 42.7 Å². The van der Waals surface area contributed by atoms with Crippen molar-refractivity contribution in [2.75, 3.05) is 12.0 Å². The number of benzene rings is 1. The van der Waals surface area contributed by atoms with Crippen molar-refractivity contribution >= 4 is 45.6 Å². The van der Waals surface area contributed by atoms with Crippen molar-refractivity contribution in [3.05, 3.63) is 40.1 Å². The number of hydrogen-bond donors (Lipinski definition) is 2. The highest BCUT2D eigenvalue weighted by Gasteiger charge is 2.18. The lowest BCUT2D eigenvalue weighted by atomic mass is 10.2. The molecule has 2 N–H and O–H groups in total. The molecule has 1 atom stereocenters. The van der Waals surface area contributed by atoms with Crippen LogP contribution in [-0.4, -0.2) is 35.0 Å². The average Bonchev–Trinajstić information content (AvgIpc) is 2.44. The second-order valence-corrected chi connectivity index (χ2v) is 6.08. The normalized spacial score (nSPS) is 12.3. The Morgan fingerprint density at radius 2 is 2.24 bits per heavy atom. The molecule has 1 unspecified atom stereocenters. The van der Waals surface area contributed by atoms with Gasteiger partial charge in [-0.15, -0.1) is 0 Å². The van der Waals surface area contributed by atoms with Gasteiger partial charge < -0.3 is 10.4 Å². The molecule has 7 heteroatoms. The summed E-state index contributed by atoms with van der Waals surface area (Å²) in [6.07, 6.45) is 4.63. The van der Waals surface area contributed by atoms with E-state index in [0.29, 0.717) is 16.6 Å². The summed E-state index contributed by atoms with van der Waals surface area (Å²) in [6, 6.07) is 3.42. The lowest BCUT2D eigenvalue weighted by Gasteiger charge is -2.12. The standard InChI is InChI=1S/C14H15BrFNO3S/c1-21-7-6-12(14(19)20)17-13(18)5-2-9-8-10(15)3-4-11(9)16/h2-5,8,12H,6-7H2,1H3,(H,17,18)(H,19,20)/b5-2+. The molecule has 0 aliphatic heterocycles. The first-order chi connectivity index (χ1) is 9.93. The molecular formula is C14H15BrFNO3S. The fourth-order valence-electron chi connectivity index (χ4n) is 1.52. The zero-order valence-corrected chi connectivity index (χ0v) is 13.7. The Bertz CT molecular complexity index is 551.